The smallest absolute Gasteiger partial charge is 0.268 e. The molecule has 2 aromatic rings. The number of nitrogens with two attached hydrogens (primary N) is 1. The number of hydrogen-bond acceptors (Lipinski definition) is 4. The molecule has 2 N–H and O–H groups in total. The van der Waals surface area contributed by atoms with E-state index in [4.69, 9.17) is 5.73 Å². The number of amides is 2. The average Bonchev–Trinajstić information content (AvgIpc) is 3.27. The molecule has 1 radical (unpaired) electrons. The van der Waals surface area contributed by atoms with Crippen molar-refractivity contribution in [1.29, 1.82) is 0 Å². The Labute approximate surface area is 165 Å². The van der Waals surface area contributed by atoms with Crippen molar-refractivity contribution in [2.24, 2.45) is 17.6 Å². The summed E-state index contributed by atoms with van der Waals surface area (Å²) in [6.45, 7) is 4.55. The summed E-state index contributed by atoms with van der Waals surface area (Å²) in [5.74, 6) is 0.188. The van der Waals surface area contributed by atoms with Gasteiger partial charge in [0.25, 0.3) is 11.8 Å². The van der Waals surface area contributed by atoms with Crippen molar-refractivity contribution in [1.82, 2.24) is 14.8 Å². The molecule has 1 aromatic heterocycles. The topological polar surface area (TPSA) is 79.5 Å². The third kappa shape index (κ3) is 3.92. The Morgan fingerprint density at radius 2 is 1.75 bits per heavy atom. The molecule has 0 bridgehead atoms. The van der Waals surface area contributed by atoms with E-state index in [0.29, 0.717) is 17.4 Å². The monoisotopic (exact) mass is 377 g/mol. The van der Waals surface area contributed by atoms with Crippen LogP contribution in [0, 0.1) is 18.3 Å². The van der Waals surface area contributed by atoms with Gasteiger partial charge >= 0.3 is 0 Å². The largest absolute Gasteiger partial charge is 0.364 e. The minimum absolute atomic E-state index is 0.0580. The Hall–Kier alpha value is -2.73. The lowest BCUT2D eigenvalue weighted by molar-refractivity contribution is 0.0768. The molecule has 6 heteroatoms. The molecule has 145 valence electrons. The first kappa shape index (κ1) is 18.6. The number of hydrogen-bond donors (Lipinski definition) is 1. The number of carbonyl (C=O) groups excluding carboxylic acids is 2. The van der Waals surface area contributed by atoms with E-state index in [-0.39, 0.29) is 11.6 Å². The van der Waals surface area contributed by atoms with Crippen LogP contribution < -0.4 is 5.73 Å². The lowest BCUT2D eigenvalue weighted by Gasteiger charge is -2.22. The predicted molar refractivity (Wildman–Crippen MR) is 107 cm³/mol. The maximum absolute atomic E-state index is 12.9. The van der Waals surface area contributed by atoms with E-state index >= 15 is 0 Å². The number of pyridine rings is 1. The number of aromatic nitrogens is 1. The van der Waals surface area contributed by atoms with Crippen molar-refractivity contribution >= 4 is 11.8 Å². The van der Waals surface area contributed by atoms with Gasteiger partial charge in [-0.15, -0.1) is 0 Å². The standard InChI is InChI=1S/C22H25N4O2/c23-21(27)20-19(9-4-10-24-20)22(28)26-14-17-12-25(13-18(17)15-26)11-5-8-16-6-2-1-3-7-16/h1-4,6-10,17-18H,5,11-15H2,(H2,23,27)/t17-,18?/m0/s1. The Balaban J connectivity index is 1.29. The highest BCUT2D eigenvalue weighted by Gasteiger charge is 2.41. The summed E-state index contributed by atoms with van der Waals surface area (Å²) < 4.78 is 0. The molecule has 0 spiro atoms. The van der Waals surface area contributed by atoms with Gasteiger partial charge in [0.1, 0.15) is 5.69 Å². The van der Waals surface area contributed by atoms with Gasteiger partial charge in [-0.25, -0.2) is 0 Å². The molecule has 0 aliphatic carbocycles. The van der Waals surface area contributed by atoms with Crippen LogP contribution in [-0.4, -0.2) is 59.3 Å². The molecule has 0 saturated carbocycles. The van der Waals surface area contributed by atoms with Gasteiger partial charge < -0.3 is 15.5 Å². The van der Waals surface area contributed by atoms with E-state index < -0.39 is 5.91 Å². The molecule has 2 aliphatic heterocycles. The van der Waals surface area contributed by atoms with Crippen molar-refractivity contribution in [3.63, 3.8) is 0 Å². The molecule has 2 aliphatic rings. The molecule has 1 aromatic carbocycles. The van der Waals surface area contributed by atoms with Gasteiger partial charge in [-0.3, -0.25) is 14.6 Å². The van der Waals surface area contributed by atoms with Gasteiger partial charge in [0.05, 0.1) is 5.56 Å². The fourth-order valence-corrected chi connectivity index (χ4v) is 4.39. The zero-order chi connectivity index (χ0) is 19.5. The quantitative estimate of drug-likeness (QED) is 0.833. The predicted octanol–water partition coefficient (Wildman–Crippen LogP) is 1.83. The van der Waals surface area contributed by atoms with E-state index in [1.165, 1.54) is 11.8 Å². The van der Waals surface area contributed by atoms with Gasteiger partial charge in [0, 0.05) is 32.4 Å². The summed E-state index contributed by atoms with van der Waals surface area (Å²) >= 11 is 0. The number of primary amides is 1. The number of nitrogens with zero attached hydrogens (tertiary/aromatic N) is 3. The van der Waals surface area contributed by atoms with Crippen molar-refractivity contribution in [3.8, 4) is 0 Å². The molecule has 1 unspecified atom stereocenters. The molecule has 2 amide bonds. The molecule has 4 rings (SSSR count). The van der Waals surface area contributed by atoms with E-state index in [0.717, 1.165) is 39.1 Å². The molecule has 28 heavy (non-hydrogen) atoms. The van der Waals surface area contributed by atoms with Gasteiger partial charge in [0.15, 0.2) is 0 Å². The van der Waals surface area contributed by atoms with Crippen LogP contribution in [0.15, 0.2) is 48.7 Å². The number of fused-ring (bicyclic) bond motifs is 1. The highest BCUT2D eigenvalue weighted by Crippen LogP contribution is 2.32. The molecule has 6 nitrogen and oxygen atoms in total. The zero-order valence-electron chi connectivity index (χ0n) is 15.8. The van der Waals surface area contributed by atoms with Crippen molar-refractivity contribution < 1.29 is 9.59 Å². The van der Waals surface area contributed by atoms with Crippen LogP contribution in [0.25, 0.3) is 0 Å². The number of carbonyl (C=O) groups is 2. The van der Waals surface area contributed by atoms with Crippen molar-refractivity contribution in [3.05, 3.63) is 71.9 Å². The summed E-state index contributed by atoms with van der Waals surface area (Å²) in [6, 6.07) is 13.7. The zero-order valence-corrected chi connectivity index (χ0v) is 15.8. The number of likely N-dealkylation sites (tertiary alicyclic amines) is 2. The van der Waals surface area contributed by atoms with Crippen LogP contribution in [0.5, 0.6) is 0 Å². The Kier molecular flexibility index (Phi) is 5.39. The minimum atomic E-state index is -0.663. The van der Waals surface area contributed by atoms with Gasteiger partial charge in [-0.2, -0.15) is 0 Å². The lowest BCUT2D eigenvalue weighted by Crippen LogP contribution is -2.35. The number of rotatable bonds is 6. The van der Waals surface area contributed by atoms with Crippen LogP contribution >= 0.6 is 0 Å². The average molecular weight is 377 g/mol. The fourth-order valence-electron chi connectivity index (χ4n) is 4.39. The Morgan fingerprint density at radius 1 is 1.04 bits per heavy atom. The highest BCUT2D eigenvalue weighted by molar-refractivity contribution is 6.05. The summed E-state index contributed by atoms with van der Waals surface area (Å²) in [4.78, 5) is 32.8. The first-order valence-electron chi connectivity index (χ1n) is 9.76. The van der Waals surface area contributed by atoms with Crippen LogP contribution in [0.3, 0.4) is 0 Å². The van der Waals surface area contributed by atoms with Gasteiger partial charge in [0.2, 0.25) is 0 Å². The first-order valence-corrected chi connectivity index (χ1v) is 9.76. The third-order valence-corrected chi connectivity index (χ3v) is 5.75. The van der Waals surface area contributed by atoms with E-state index in [2.05, 4.69) is 40.6 Å². The first-order chi connectivity index (χ1) is 13.6. The maximum atomic E-state index is 12.9. The van der Waals surface area contributed by atoms with Gasteiger partial charge in [-0.05, 0) is 48.9 Å². The summed E-state index contributed by atoms with van der Waals surface area (Å²) in [5, 5.41) is 0. The second-order valence-corrected chi connectivity index (χ2v) is 7.66. The molecule has 2 saturated heterocycles. The van der Waals surface area contributed by atoms with E-state index in [1.54, 1.807) is 12.1 Å². The van der Waals surface area contributed by atoms with E-state index in [9.17, 15) is 9.59 Å². The third-order valence-electron chi connectivity index (χ3n) is 5.75. The summed E-state index contributed by atoms with van der Waals surface area (Å²) in [7, 11) is 0. The Bertz CT molecular complexity index is 841. The van der Waals surface area contributed by atoms with Gasteiger partial charge in [-0.1, -0.05) is 30.3 Å². The second-order valence-electron chi connectivity index (χ2n) is 7.66. The SMILES string of the molecule is NC(=O)c1ncccc1C(=O)N1CC2CN(CC[CH]c3ccccc3)C[C@H]2C1. The van der Waals surface area contributed by atoms with Crippen molar-refractivity contribution in [2.45, 2.75) is 6.42 Å². The highest BCUT2D eigenvalue weighted by atomic mass is 16.2. The summed E-state index contributed by atoms with van der Waals surface area (Å²) in [6.07, 6.45) is 4.79. The second kappa shape index (κ2) is 8.10. The van der Waals surface area contributed by atoms with Crippen LogP contribution in [0.1, 0.15) is 32.8 Å². The summed E-state index contributed by atoms with van der Waals surface area (Å²) in [5.41, 5.74) is 7.00. The Morgan fingerprint density at radius 3 is 2.43 bits per heavy atom. The lowest BCUT2D eigenvalue weighted by atomic mass is 10.0. The molecule has 2 fully saturated rings. The number of benzene rings is 1. The molecular weight excluding hydrogens is 352 g/mol. The minimum Gasteiger partial charge on any atom is -0.364 e. The maximum Gasteiger partial charge on any atom is 0.268 e. The van der Waals surface area contributed by atoms with Crippen LogP contribution in [-0.2, 0) is 0 Å². The van der Waals surface area contributed by atoms with E-state index in [1.807, 2.05) is 11.0 Å². The molecule has 3 heterocycles. The van der Waals surface area contributed by atoms with Crippen molar-refractivity contribution in [2.75, 3.05) is 32.7 Å². The normalized spacial score (nSPS) is 21.6. The van der Waals surface area contributed by atoms with Crippen LogP contribution in [0.4, 0.5) is 0 Å². The van der Waals surface area contributed by atoms with Crippen LogP contribution in [0.2, 0.25) is 0 Å². The molecular formula is C22H25N4O2. The fraction of sp³-hybridized carbons (Fsp3) is 0.364. The molecule has 2 atom stereocenters.